The molecule has 0 aliphatic carbocycles. The summed E-state index contributed by atoms with van der Waals surface area (Å²) in [4.78, 5) is 7.55. The minimum atomic E-state index is -1.17. The Hall–Kier alpha value is -2.49. The van der Waals surface area contributed by atoms with Crippen molar-refractivity contribution in [2.24, 2.45) is 5.73 Å². The number of nitriles is 1. The predicted octanol–water partition coefficient (Wildman–Crippen LogP) is 2.25. The fourth-order valence-corrected chi connectivity index (χ4v) is 4.39. The summed E-state index contributed by atoms with van der Waals surface area (Å²) in [7, 11) is 0. The number of hydrogen-bond acceptors (Lipinski definition) is 7. The van der Waals surface area contributed by atoms with Crippen molar-refractivity contribution in [3.63, 3.8) is 0 Å². The zero-order chi connectivity index (χ0) is 20.4. The highest BCUT2D eigenvalue weighted by molar-refractivity contribution is 7.16. The van der Waals surface area contributed by atoms with Crippen LogP contribution in [0.5, 0.6) is 0 Å². The Balaban J connectivity index is 1.73. The number of nitrogens with two attached hydrogens (primary N) is 1. The lowest BCUT2D eigenvalue weighted by Crippen LogP contribution is -2.39. The number of ether oxygens (including phenoxy) is 1. The molecular weight excluding hydrogens is 391 g/mol. The highest BCUT2D eigenvalue weighted by Gasteiger charge is 2.30. The summed E-state index contributed by atoms with van der Waals surface area (Å²) in [6, 6.07) is 6.45. The largest absolute Gasteiger partial charge is 0.377 e. The van der Waals surface area contributed by atoms with Crippen molar-refractivity contribution >= 4 is 16.5 Å². The molecule has 2 aromatic rings. The van der Waals surface area contributed by atoms with Gasteiger partial charge in [-0.15, -0.1) is 0 Å². The van der Waals surface area contributed by atoms with Gasteiger partial charge in [-0.05, 0) is 25.0 Å². The Morgan fingerprint density at radius 1 is 1.38 bits per heavy atom. The summed E-state index contributed by atoms with van der Waals surface area (Å²) in [5.74, 6) is 5.37. The average molecular weight is 412 g/mol. The van der Waals surface area contributed by atoms with Crippen LogP contribution in [0.25, 0.3) is 11.3 Å². The zero-order valence-electron chi connectivity index (χ0n) is 15.8. The van der Waals surface area contributed by atoms with E-state index in [2.05, 4.69) is 16.7 Å². The van der Waals surface area contributed by atoms with Crippen LogP contribution in [0.4, 0.5) is 9.52 Å². The Kier molecular flexibility index (Phi) is 5.53. The van der Waals surface area contributed by atoms with Crippen LogP contribution in [0.15, 0.2) is 18.2 Å². The molecule has 1 aromatic carbocycles. The minimum absolute atomic E-state index is 0.0146. The van der Waals surface area contributed by atoms with Crippen molar-refractivity contribution in [1.82, 2.24) is 4.98 Å². The smallest absolute Gasteiger partial charge is 0.187 e. The standard InChI is InChI=1S/C21H21FN4O2S/c22-17-11-14(1-2-15(17)12-23)19-18(3-6-21(27)7-10-28-13-21)29-20(25-19)26-8-4-16(24)5-9-26/h1-2,11,16,27H,4-5,7-10,13,24H2. The van der Waals surface area contributed by atoms with Crippen LogP contribution in [-0.2, 0) is 4.74 Å². The van der Waals surface area contributed by atoms with Crippen molar-refractivity contribution < 1.29 is 14.2 Å². The quantitative estimate of drug-likeness (QED) is 0.735. The van der Waals surface area contributed by atoms with Crippen LogP contribution in [-0.4, -0.2) is 48.0 Å². The molecule has 0 spiro atoms. The van der Waals surface area contributed by atoms with Gasteiger partial charge in [-0.3, -0.25) is 0 Å². The zero-order valence-corrected chi connectivity index (χ0v) is 16.6. The van der Waals surface area contributed by atoms with Gasteiger partial charge in [0.25, 0.3) is 0 Å². The molecule has 8 heteroatoms. The molecule has 0 radical (unpaired) electrons. The SMILES string of the molecule is N#Cc1ccc(-c2nc(N3CCC(N)CC3)sc2C#CC2(O)CCOC2)cc1F. The molecule has 3 N–H and O–H groups in total. The molecular formula is C21H21FN4O2S. The maximum Gasteiger partial charge on any atom is 0.187 e. The number of hydrogen-bond donors (Lipinski definition) is 2. The topological polar surface area (TPSA) is 95.4 Å². The van der Waals surface area contributed by atoms with Gasteiger partial charge in [0.05, 0.1) is 24.5 Å². The number of rotatable bonds is 2. The summed E-state index contributed by atoms with van der Waals surface area (Å²) in [5, 5.41) is 20.3. The van der Waals surface area contributed by atoms with Gasteiger partial charge in [-0.25, -0.2) is 9.37 Å². The molecule has 2 aliphatic heterocycles. The predicted molar refractivity (Wildman–Crippen MR) is 109 cm³/mol. The first-order valence-electron chi connectivity index (χ1n) is 9.52. The fraction of sp³-hybridized carbons (Fsp3) is 0.429. The molecule has 0 amide bonds. The van der Waals surface area contributed by atoms with Crippen LogP contribution >= 0.6 is 11.3 Å². The van der Waals surface area contributed by atoms with E-state index in [1.165, 1.54) is 23.5 Å². The van der Waals surface area contributed by atoms with Crippen LogP contribution < -0.4 is 10.6 Å². The number of piperidine rings is 1. The fourth-order valence-electron chi connectivity index (χ4n) is 3.39. The lowest BCUT2D eigenvalue weighted by molar-refractivity contribution is 0.0765. The van der Waals surface area contributed by atoms with Crippen molar-refractivity contribution in [2.45, 2.75) is 30.9 Å². The molecule has 0 bridgehead atoms. The van der Waals surface area contributed by atoms with E-state index in [9.17, 15) is 9.50 Å². The van der Waals surface area contributed by atoms with E-state index in [4.69, 9.17) is 20.7 Å². The maximum atomic E-state index is 14.2. The van der Waals surface area contributed by atoms with Crippen LogP contribution in [0, 0.1) is 29.0 Å². The number of nitrogens with zero attached hydrogens (tertiary/aromatic N) is 3. The van der Waals surface area contributed by atoms with E-state index in [-0.39, 0.29) is 18.2 Å². The number of thiazole rings is 1. The third kappa shape index (κ3) is 4.26. The van der Waals surface area contributed by atoms with Gasteiger partial charge in [0.2, 0.25) is 0 Å². The van der Waals surface area contributed by atoms with Crippen molar-refractivity contribution in [1.29, 1.82) is 5.26 Å². The molecule has 3 heterocycles. The third-order valence-corrected chi connectivity index (χ3v) is 6.23. The van der Waals surface area contributed by atoms with E-state index < -0.39 is 11.4 Å². The molecule has 29 heavy (non-hydrogen) atoms. The van der Waals surface area contributed by atoms with Crippen LogP contribution in [0.3, 0.4) is 0 Å². The van der Waals surface area contributed by atoms with Crippen LogP contribution in [0.1, 0.15) is 29.7 Å². The van der Waals surface area contributed by atoms with Gasteiger partial charge in [0, 0.05) is 31.1 Å². The summed E-state index contributed by atoms with van der Waals surface area (Å²) in [6.07, 6.45) is 2.23. The molecule has 0 saturated carbocycles. The summed E-state index contributed by atoms with van der Waals surface area (Å²) >= 11 is 1.42. The van der Waals surface area contributed by atoms with Gasteiger partial charge >= 0.3 is 0 Å². The Morgan fingerprint density at radius 2 is 2.17 bits per heavy atom. The average Bonchev–Trinajstić information content (AvgIpc) is 3.34. The first-order valence-corrected chi connectivity index (χ1v) is 10.3. The van der Waals surface area contributed by atoms with E-state index >= 15 is 0 Å². The lowest BCUT2D eigenvalue weighted by Gasteiger charge is -2.29. The van der Waals surface area contributed by atoms with Crippen molar-refractivity contribution in [3.05, 3.63) is 34.5 Å². The Morgan fingerprint density at radius 3 is 2.83 bits per heavy atom. The van der Waals surface area contributed by atoms with Gasteiger partial charge in [0.1, 0.15) is 16.8 Å². The number of aromatic nitrogens is 1. The number of aliphatic hydroxyl groups is 1. The number of halogens is 1. The second kappa shape index (κ2) is 8.10. The molecule has 2 saturated heterocycles. The highest BCUT2D eigenvalue weighted by atomic mass is 32.1. The molecule has 1 atom stereocenters. The normalized spacial score (nSPS) is 22.2. The molecule has 1 unspecified atom stereocenters. The van der Waals surface area contributed by atoms with E-state index in [1.807, 2.05) is 6.07 Å². The highest BCUT2D eigenvalue weighted by Crippen LogP contribution is 2.34. The third-order valence-electron chi connectivity index (χ3n) is 5.20. The Labute approximate surface area is 172 Å². The molecule has 1 aromatic heterocycles. The first kappa shape index (κ1) is 19.8. The van der Waals surface area contributed by atoms with Gasteiger partial charge in [-0.2, -0.15) is 5.26 Å². The molecule has 150 valence electrons. The molecule has 2 aliphatic rings. The Bertz CT molecular complexity index is 1010. The number of benzene rings is 1. The van der Waals surface area contributed by atoms with Gasteiger partial charge < -0.3 is 20.5 Å². The molecule has 6 nitrogen and oxygen atoms in total. The molecule has 4 rings (SSSR count). The summed E-state index contributed by atoms with van der Waals surface area (Å²) < 4.78 is 19.5. The van der Waals surface area contributed by atoms with E-state index in [1.54, 1.807) is 6.07 Å². The van der Waals surface area contributed by atoms with Gasteiger partial charge in [0.15, 0.2) is 10.7 Å². The monoisotopic (exact) mass is 412 g/mol. The second-order valence-electron chi connectivity index (χ2n) is 7.39. The van der Waals surface area contributed by atoms with E-state index in [0.717, 1.165) is 31.1 Å². The lowest BCUT2D eigenvalue weighted by atomic mass is 10.0. The maximum absolute atomic E-state index is 14.2. The van der Waals surface area contributed by atoms with Crippen molar-refractivity contribution in [3.8, 4) is 29.2 Å². The summed E-state index contributed by atoms with van der Waals surface area (Å²) in [6.45, 7) is 2.26. The van der Waals surface area contributed by atoms with E-state index in [0.29, 0.717) is 29.2 Å². The van der Waals surface area contributed by atoms with Crippen molar-refractivity contribution in [2.75, 3.05) is 31.2 Å². The second-order valence-corrected chi connectivity index (χ2v) is 8.37. The molecule has 2 fully saturated rings. The van der Waals surface area contributed by atoms with Gasteiger partial charge in [-0.1, -0.05) is 29.2 Å². The first-order chi connectivity index (χ1) is 14.0. The number of anilines is 1. The minimum Gasteiger partial charge on any atom is -0.377 e. The van der Waals surface area contributed by atoms with Crippen LogP contribution in [0.2, 0.25) is 0 Å². The summed E-state index contributed by atoms with van der Waals surface area (Å²) in [5.41, 5.74) is 5.92.